The lowest BCUT2D eigenvalue weighted by Crippen LogP contribution is -2.62. The van der Waals surface area contributed by atoms with Crippen LogP contribution in [0.3, 0.4) is 0 Å². The molecule has 0 saturated heterocycles. The topological polar surface area (TPSA) is 22.9 Å². The normalized spacial score (nSPS) is 18.3. The molecule has 0 amide bonds. The molecule has 5 heteroatoms. The highest BCUT2D eigenvalue weighted by Crippen LogP contribution is 2.54. The standard InChI is InChI=1S/C73H78BN3O/c1-45-39-62-67-63(40-45)77(59-20-18-22-65-66(59)52-19-16-17-21-64(52)78-65)60-42-51(75(48-27-23-46(24-28-48)68(2,3)4)49-29-25-47(26-30-49)69(5,6)7)32-34-57(60)74(67)58-43-55-56(73(14,15)38-37-72(55,12)13)44-61(58)76(62)50-31-33-53-54(41-50)71(10,11)36-35-70(53,8)9/h16-34,39-44H,35-38H2,1-15H3/i1D3. The maximum Gasteiger partial charge on any atom is 0.252 e. The second kappa shape index (κ2) is 17.0. The van der Waals surface area contributed by atoms with E-state index in [1.807, 2.05) is 24.3 Å². The van der Waals surface area contributed by atoms with Crippen molar-refractivity contribution in [3.8, 4) is 0 Å². The highest BCUT2D eigenvalue weighted by molar-refractivity contribution is 7.00. The van der Waals surface area contributed by atoms with E-state index in [-0.39, 0.29) is 39.2 Å². The summed E-state index contributed by atoms with van der Waals surface area (Å²) in [6.07, 6.45) is 4.36. The molecule has 78 heavy (non-hydrogen) atoms. The van der Waals surface area contributed by atoms with E-state index in [4.69, 9.17) is 4.42 Å². The molecule has 394 valence electrons. The zero-order valence-corrected chi connectivity index (χ0v) is 48.6. The van der Waals surface area contributed by atoms with Crippen LogP contribution < -0.4 is 31.1 Å². The summed E-state index contributed by atoms with van der Waals surface area (Å²) >= 11 is 0. The highest BCUT2D eigenvalue weighted by atomic mass is 16.3. The van der Waals surface area contributed by atoms with Crippen molar-refractivity contribution in [3.63, 3.8) is 0 Å². The molecule has 0 bridgehead atoms. The first-order chi connectivity index (χ1) is 38.0. The molecule has 2 aliphatic heterocycles. The number of furan rings is 1. The number of para-hydroxylation sites is 1. The Labute approximate surface area is 469 Å². The Morgan fingerprint density at radius 2 is 0.987 bits per heavy atom. The van der Waals surface area contributed by atoms with E-state index in [2.05, 4.69) is 239 Å². The first-order valence-electron chi connectivity index (χ1n) is 30.2. The van der Waals surface area contributed by atoms with Gasteiger partial charge in [-0.15, -0.1) is 0 Å². The highest BCUT2D eigenvalue weighted by Gasteiger charge is 2.48. The number of nitrogens with zero attached hydrogens (tertiary/aromatic N) is 3. The molecule has 9 aromatic rings. The minimum Gasteiger partial charge on any atom is -0.456 e. The summed E-state index contributed by atoms with van der Waals surface area (Å²) in [5.74, 6) is 0. The summed E-state index contributed by atoms with van der Waals surface area (Å²) in [6, 6.07) is 56.2. The first-order valence-corrected chi connectivity index (χ1v) is 28.7. The molecule has 0 unspecified atom stereocenters. The smallest absolute Gasteiger partial charge is 0.252 e. The van der Waals surface area contributed by atoms with Gasteiger partial charge < -0.3 is 19.1 Å². The number of rotatable bonds is 5. The van der Waals surface area contributed by atoms with Crippen molar-refractivity contribution < 1.29 is 8.53 Å². The second-order valence-electron chi connectivity index (χ2n) is 28.2. The SMILES string of the molecule is [2H]C([2H])([2H])c1cc2c3c(c1)N(c1cccc4oc5ccccc5c14)c1cc(N(c4ccc(C(C)(C)C)cc4)c4ccc(C(C)(C)C)cc4)ccc1B3c1cc3c(cc1N2c1ccc2c(c1)C(C)(C)CCC2(C)C)C(C)(C)CCC3(C)C. The zero-order valence-electron chi connectivity index (χ0n) is 51.6. The Bertz CT molecular complexity index is 3980. The van der Waals surface area contributed by atoms with Gasteiger partial charge in [0.2, 0.25) is 0 Å². The number of aryl methyl sites for hydroxylation is 1. The van der Waals surface area contributed by atoms with Gasteiger partial charge in [0.1, 0.15) is 11.2 Å². The molecule has 0 radical (unpaired) electrons. The van der Waals surface area contributed by atoms with Gasteiger partial charge in [-0.2, -0.15) is 0 Å². The van der Waals surface area contributed by atoms with E-state index in [9.17, 15) is 4.11 Å². The molecule has 8 aromatic carbocycles. The number of hydrogen-bond acceptors (Lipinski definition) is 4. The van der Waals surface area contributed by atoms with Gasteiger partial charge >= 0.3 is 0 Å². The summed E-state index contributed by atoms with van der Waals surface area (Å²) in [4.78, 5) is 7.25. The zero-order chi connectivity index (χ0) is 57.3. The molecule has 3 heterocycles. The minimum atomic E-state index is -2.44. The second-order valence-corrected chi connectivity index (χ2v) is 28.2. The Kier molecular flexibility index (Phi) is 10.3. The van der Waals surface area contributed by atoms with Gasteiger partial charge in [0.05, 0.1) is 11.1 Å². The average molecular weight is 1030 g/mol. The van der Waals surface area contributed by atoms with Crippen LogP contribution in [-0.2, 0) is 32.5 Å². The molecule has 4 nitrogen and oxygen atoms in total. The van der Waals surface area contributed by atoms with Gasteiger partial charge in [-0.3, -0.25) is 0 Å². The van der Waals surface area contributed by atoms with Crippen molar-refractivity contribution in [3.05, 3.63) is 191 Å². The fraction of sp³-hybridized carbons (Fsp3) is 0.342. The maximum absolute atomic E-state index is 9.38. The monoisotopic (exact) mass is 1030 g/mol. The first kappa shape index (κ1) is 47.1. The van der Waals surface area contributed by atoms with Crippen molar-refractivity contribution >= 4 is 96.2 Å². The quantitative estimate of drug-likeness (QED) is 0.160. The van der Waals surface area contributed by atoms with E-state index in [0.29, 0.717) is 5.56 Å². The van der Waals surface area contributed by atoms with E-state index >= 15 is 0 Å². The summed E-state index contributed by atoms with van der Waals surface area (Å²) in [6.45, 7) is 30.2. The van der Waals surface area contributed by atoms with Crippen molar-refractivity contribution in [1.82, 2.24) is 0 Å². The third-order valence-corrected chi connectivity index (χ3v) is 19.0. The lowest BCUT2D eigenvalue weighted by Gasteiger charge is -2.48. The van der Waals surface area contributed by atoms with E-state index < -0.39 is 6.85 Å². The van der Waals surface area contributed by atoms with Crippen molar-refractivity contribution in [2.75, 3.05) is 14.7 Å². The van der Waals surface area contributed by atoms with Crippen LogP contribution in [0.15, 0.2) is 156 Å². The molecule has 13 rings (SSSR count). The van der Waals surface area contributed by atoms with Crippen LogP contribution >= 0.6 is 0 Å². The Balaban J connectivity index is 1.15. The van der Waals surface area contributed by atoms with Crippen molar-refractivity contribution in [2.24, 2.45) is 0 Å². The molecular weight excluding hydrogens is 946 g/mol. The number of hydrogen-bond donors (Lipinski definition) is 0. The van der Waals surface area contributed by atoms with Crippen molar-refractivity contribution in [2.45, 2.75) is 162 Å². The lowest BCUT2D eigenvalue weighted by molar-refractivity contribution is 0.332. The molecule has 0 N–H and O–H groups in total. The molecule has 0 atom stereocenters. The van der Waals surface area contributed by atoms with Crippen LogP contribution in [0.5, 0.6) is 0 Å². The molecule has 2 aliphatic carbocycles. The van der Waals surface area contributed by atoms with Gasteiger partial charge in [-0.1, -0.05) is 164 Å². The Morgan fingerprint density at radius 1 is 0.462 bits per heavy atom. The summed E-state index contributed by atoms with van der Waals surface area (Å²) in [7, 11) is 0. The van der Waals surface area contributed by atoms with E-state index in [1.165, 1.54) is 38.8 Å². The fourth-order valence-electron chi connectivity index (χ4n) is 14.0. The minimum absolute atomic E-state index is 0.0198. The summed E-state index contributed by atoms with van der Waals surface area (Å²) in [5, 5.41) is 1.99. The van der Waals surface area contributed by atoms with Crippen LogP contribution in [0.4, 0.5) is 51.2 Å². The van der Waals surface area contributed by atoms with E-state index in [0.717, 1.165) is 110 Å². The maximum atomic E-state index is 9.38. The van der Waals surface area contributed by atoms with Crippen LogP contribution in [0, 0.1) is 6.85 Å². The average Bonchev–Trinajstić information content (AvgIpc) is 3.38. The molecule has 1 aromatic heterocycles. The lowest BCUT2D eigenvalue weighted by atomic mass is 9.33. The fourth-order valence-corrected chi connectivity index (χ4v) is 14.0. The van der Waals surface area contributed by atoms with Crippen LogP contribution in [0.2, 0.25) is 0 Å². The van der Waals surface area contributed by atoms with Gasteiger partial charge in [0.15, 0.2) is 0 Å². The van der Waals surface area contributed by atoms with Gasteiger partial charge in [0, 0.05) is 55.0 Å². The summed E-state index contributed by atoms with van der Waals surface area (Å²) < 4.78 is 34.8. The molecule has 0 spiro atoms. The number of anilines is 9. The molecule has 0 fully saturated rings. The van der Waals surface area contributed by atoms with Crippen LogP contribution in [0.25, 0.3) is 21.9 Å². The predicted octanol–water partition coefficient (Wildman–Crippen LogP) is 18.7. The van der Waals surface area contributed by atoms with Gasteiger partial charge in [0.25, 0.3) is 6.71 Å². The van der Waals surface area contributed by atoms with Crippen LogP contribution in [0.1, 0.15) is 166 Å². The Hall–Kier alpha value is -6.98. The molecule has 0 saturated carbocycles. The molecular formula is C73H78BN3O. The largest absolute Gasteiger partial charge is 0.456 e. The predicted molar refractivity (Wildman–Crippen MR) is 335 cm³/mol. The molecule has 4 aliphatic rings. The summed E-state index contributed by atoms with van der Waals surface area (Å²) in [5.41, 5.74) is 22.2. The number of benzene rings is 8. The third kappa shape index (κ3) is 7.83. The number of fused-ring (bicyclic) bond motifs is 9. The van der Waals surface area contributed by atoms with Crippen LogP contribution in [-0.4, -0.2) is 6.71 Å². The van der Waals surface area contributed by atoms with Gasteiger partial charge in [-0.05, 0) is 205 Å². The van der Waals surface area contributed by atoms with E-state index in [1.54, 1.807) is 0 Å². The Morgan fingerprint density at radius 3 is 1.59 bits per heavy atom. The third-order valence-electron chi connectivity index (χ3n) is 19.0. The van der Waals surface area contributed by atoms with Crippen molar-refractivity contribution in [1.29, 1.82) is 0 Å². The van der Waals surface area contributed by atoms with Gasteiger partial charge in [-0.25, -0.2) is 0 Å².